The van der Waals surface area contributed by atoms with Crippen LogP contribution in [0.4, 0.5) is 0 Å². The van der Waals surface area contributed by atoms with E-state index in [2.05, 4.69) is 6.92 Å². The standard InChI is InChI=1S/C14H22ClNO3S/c1-3-4-13-5-7-14(8-6-13)20(17,18)16(10-9-15)11-12-19-2/h5-8H,3-4,9-12H2,1-2H3. The molecule has 0 saturated carbocycles. The van der Waals surface area contributed by atoms with Crippen molar-refractivity contribution in [3.8, 4) is 0 Å². The fourth-order valence-corrected chi connectivity index (χ4v) is 3.63. The van der Waals surface area contributed by atoms with Crippen LogP contribution in [0, 0.1) is 0 Å². The molecular weight excluding hydrogens is 298 g/mol. The molecule has 0 radical (unpaired) electrons. The van der Waals surface area contributed by atoms with E-state index in [9.17, 15) is 8.42 Å². The van der Waals surface area contributed by atoms with Crippen molar-refractivity contribution in [3.63, 3.8) is 0 Å². The molecule has 0 spiro atoms. The molecule has 20 heavy (non-hydrogen) atoms. The number of halogens is 1. The van der Waals surface area contributed by atoms with Gasteiger partial charge >= 0.3 is 0 Å². The van der Waals surface area contributed by atoms with E-state index in [-0.39, 0.29) is 12.4 Å². The molecule has 0 N–H and O–H groups in total. The Balaban J connectivity index is 2.93. The Kier molecular flexibility index (Phi) is 7.51. The van der Waals surface area contributed by atoms with Crippen molar-refractivity contribution in [1.82, 2.24) is 4.31 Å². The summed E-state index contributed by atoms with van der Waals surface area (Å²) in [5.74, 6) is 0.261. The first-order valence-electron chi connectivity index (χ1n) is 6.70. The molecule has 6 heteroatoms. The van der Waals surface area contributed by atoms with E-state index < -0.39 is 10.0 Å². The number of rotatable bonds is 9. The van der Waals surface area contributed by atoms with E-state index in [1.54, 1.807) is 19.2 Å². The van der Waals surface area contributed by atoms with E-state index >= 15 is 0 Å². The fourth-order valence-electron chi connectivity index (χ4n) is 1.91. The van der Waals surface area contributed by atoms with Crippen LogP contribution in [0.25, 0.3) is 0 Å². The van der Waals surface area contributed by atoms with Gasteiger partial charge in [0.1, 0.15) is 0 Å². The van der Waals surface area contributed by atoms with Crippen LogP contribution in [-0.2, 0) is 21.2 Å². The molecule has 0 heterocycles. The van der Waals surface area contributed by atoms with Crippen LogP contribution >= 0.6 is 11.6 Å². The minimum atomic E-state index is -3.50. The number of aryl methyl sites for hydroxylation is 1. The number of nitrogens with zero attached hydrogens (tertiary/aromatic N) is 1. The van der Waals surface area contributed by atoms with Crippen molar-refractivity contribution in [2.45, 2.75) is 24.7 Å². The summed E-state index contributed by atoms with van der Waals surface area (Å²) in [6.45, 7) is 3.04. The molecule has 0 aliphatic rings. The lowest BCUT2D eigenvalue weighted by Gasteiger charge is -2.21. The Bertz CT molecular complexity index is 488. The number of alkyl halides is 1. The number of hydrogen-bond donors (Lipinski definition) is 0. The smallest absolute Gasteiger partial charge is 0.243 e. The van der Waals surface area contributed by atoms with Gasteiger partial charge in [-0.2, -0.15) is 4.31 Å². The van der Waals surface area contributed by atoms with Gasteiger partial charge in [-0.25, -0.2) is 8.42 Å². The molecule has 114 valence electrons. The molecule has 1 aromatic rings. The third-order valence-electron chi connectivity index (χ3n) is 2.98. The molecule has 0 fully saturated rings. The number of methoxy groups -OCH3 is 1. The van der Waals surface area contributed by atoms with Crippen LogP contribution in [0.5, 0.6) is 0 Å². The van der Waals surface area contributed by atoms with Crippen molar-refractivity contribution < 1.29 is 13.2 Å². The highest BCUT2D eigenvalue weighted by Crippen LogP contribution is 2.17. The van der Waals surface area contributed by atoms with Crippen molar-refractivity contribution >= 4 is 21.6 Å². The molecule has 0 bridgehead atoms. The highest BCUT2D eigenvalue weighted by molar-refractivity contribution is 7.89. The van der Waals surface area contributed by atoms with Crippen LogP contribution in [0.15, 0.2) is 29.2 Å². The molecule has 1 rings (SSSR count). The summed E-state index contributed by atoms with van der Waals surface area (Å²) in [4.78, 5) is 0.304. The maximum atomic E-state index is 12.5. The van der Waals surface area contributed by atoms with Crippen LogP contribution in [0.3, 0.4) is 0 Å². The van der Waals surface area contributed by atoms with Gasteiger partial charge in [0.05, 0.1) is 11.5 Å². The van der Waals surface area contributed by atoms with Gasteiger partial charge in [-0.15, -0.1) is 11.6 Å². The molecule has 4 nitrogen and oxygen atoms in total. The maximum Gasteiger partial charge on any atom is 0.243 e. The number of benzene rings is 1. The molecule has 0 aliphatic carbocycles. The second-order valence-corrected chi connectivity index (χ2v) is 6.80. The molecule has 0 aliphatic heterocycles. The quantitative estimate of drug-likeness (QED) is 0.657. The van der Waals surface area contributed by atoms with Gasteiger partial charge in [0.25, 0.3) is 0 Å². The third kappa shape index (κ3) is 4.74. The first-order valence-corrected chi connectivity index (χ1v) is 8.67. The van der Waals surface area contributed by atoms with Crippen LogP contribution in [0.2, 0.25) is 0 Å². The average molecular weight is 320 g/mol. The molecule has 0 aromatic heterocycles. The van der Waals surface area contributed by atoms with E-state index in [4.69, 9.17) is 16.3 Å². The Hall–Kier alpha value is -0.620. The monoisotopic (exact) mass is 319 g/mol. The predicted molar refractivity (Wildman–Crippen MR) is 81.8 cm³/mol. The Morgan fingerprint density at radius 2 is 1.85 bits per heavy atom. The predicted octanol–water partition coefficient (Wildman–Crippen LogP) is 2.52. The molecule has 1 aromatic carbocycles. The summed E-state index contributed by atoms with van der Waals surface area (Å²) in [6, 6.07) is 7.06. The Labute approximate surface area is 126 Å². The lowest BCUT2D eigenvalue weighted by molar-refractivity contribution is 0.180. The second kappa shape index (κ2) is 8.62. The zero-order chi connectivity index (χ0) is 15.0. The van der Waals surface area contributed by atoms with Crippen molar-refractivity contribution in [3.05, 3.63) is 29.8 Å². The van der Waals surface area contributed by atoms with E-state index in [0.29, 0.717) is 18.0 Å². The van der Waals surface area contributed by atoms with Crippen LogP contribution in [-0.4, -0.2) is 45.4 Å². The summed E-state index contributed by atoms with van der Waals surface area (Å²) in [6.07, 6.45) is 1.99. The second-order valence-electron chi connectivity index (χ2n) is 4.48. The maximum absolute atomic E-state index is 12.5. The van der Waals surface area contributed by atoms with Crippen LogP contribution < -0.4 is 0 Å². The molecular formula is C14H22ClNO3S. The molecule has 0 unspecified atom stereocenters. The number of hydrogen-bond acceptors (Lipinski definition) is 3. The highest BCUT2D eigenvalue weighted by Gasteiger charge is 2.23. The first-order chi connectivity index (χ1) is 9.56. The Morgan fingerprint density at radius 1 is 1.20 bits per heavy atom. The first kappa shape index (κ1) is 17.4. The molecule has 0 amide bonds. The average Bonchev–Trinajstić information content (AvgIpc) is 2.44. The van der Waals surface area contributed by atoms with Crippen molar-refractivity contribution in [2.24, 2.45) is 0 Å². The van der Waals surface area contributed by atoms with Gasteiger partial charge in [-0.3, -0.25) is 0 Å². The zero-order valence-electron chi connectivity index (χ0n) is 12.0. The summed E-state index contributed by atoms with van der Waals surface area (Å²) < 4.78 is 31.3. The third-order valence-corrected chi connectivity index (χ3v) is 5.06. The Morgan fingerprint density at radius 3 is 2.35 bits per heavy atom. The normalized spacial score (nSPS) is 12.0. The lowest BCUT2D eigenvalue weighted by atomic mass is 10.1. The van der Waals surface area contributed by atoms with E-state index in [1.807, 2.05) is 12.1 Å². The van der Waals surface area contributed by atoms with Crippen molar-refractivity contribution in [2.75, 3.05) is 32.7 Å². The van der Waals surface area contributed by atoms with Gasteiger partial charge in [0.15, 0.2) is 0 Å². The van der Waals surface area contributed by atoms with E-state index in [0.717, 1.165) is 18.4 Å². The van der Waals surface area contributed by atoms with E-state index in [1.165, 1.54) is 4.31 Å². The SMILES string of the molecule is CCCc1ccc(S(=O)(=O)N(CCCl)CCOC)cc1. The molecule has 0 atom stereocenters. The van der Waals surface area contributed by atoms with Gasteiger partial charge in [-0.05, 0) is 24.1 Å². The van der Waals surface area contributed by atoms with Gasteiger partial charge in [0, 0.05) is 26.1 Å². The van der Waals surface area contributed by atoms with Crippen LogP contribution in [0.1, 0.15) is 18.9 Å². The van der Waals surface area contributed by atoms with Gasteiger partial charge in [-0.1, -0.05) is 25.5 Å². The highest BCUT2D eigenvalue weighted by atomic mass is 35.5. The zero-order valence-corrected chi connectivity index (χ0v) is 13.6. The molecule has 0 saturated heterocycles. The fraction of sp³-hybridized carbons (Fsp3) is 0.571. The summed E-state index contributed by atoms with van der Waals surface area (Å²) in [5.41, 5.74) is 1.15. The largest absolute Gasteiger partial charge is 0.383 e. The minimum Gasteiger partial charge on any atom is -0.383 e. The topological polar surface area (TPSA) is 46.6 Å². The minimum absolute atomic E-state index is 0.261. The summed E-state index contributed by atoms with van der Waals surface area (Å²) >= 11 is 5.69. The lowest BCUT2D eigenvalue weighted by Crippen LogP contribution is -2.35. The summed E-state index contributed by atoms with van der Waals surface area (Å²) in [7, 11) is -1.95. The van der Waals surface area contributed by atoms with Gasteiger partial charge < -0.3 is 4.74 Å². The number of sulfonamides is 1. The number of ether oxygens (including phenoxy) is 1. The van der Waals surface area contributed by atoms with Crippen molar-refractivity contribution in [1.29, 1.82) is 0 Å². The van der Waals surface area contributed by atoms with Gasteiger partial charge in [0.2, 0.25) is 10.0 Å². The summed E-state index contributed by atoms with van der Waals surface area (Å²) in [5, 5.41) is 0.